The standard InChI is InChI=1S/C18H30N2O4/c21-17(20-16-10-15(16)13-4-2-1-3-5-13)19-11-14-12-23-18(24-14)6-8-22-9-7-18/h13-16H,1-12H2,(H2,19,20,21)/t14?,15-,16+/m0/s1. The smallest absolute Gasteiger partial charge is 0.315 e. The number of hydrogen-bond acceptors (Lipinski definition) is 4. The van der Waals surface area contributed by atoms with Gasteiger partial charge in [0.05, 0.1) is 19.8 Å². The molecule has 24 heavy (non-hydrogen) atoms. The molecular formula is C18H30N2O4. The molecule has 4 fully saturated rings. The lowest BCUT2D eigenvalue weighted by molar-refractivity contribution is -0.210. The van der Waals surface area contributed by atoms with Gasteiger partial charge in [-0.15, -0.1) is 0 Å². The molecule has 2 aliphatic carbocycles. The number of ether oxygens (including phenoxy) is 3. The van der Waals surface area contributed by atoms with Crippen LogP contribution in [0.15, 0.2) is 0 Å². The van der Waals surface area contributed by atoms with Gasteiger partial charge in [0.2, 0.25) is 0 Å². The second-order valence-corrected chi connectivity index (χ2v) is 7.83. The van der Waals surface area contributed by atoms with Crippen LogP contribution in [0.4, 0.5) is 4.79 Å². The van der Waals surface area contributed by atoms with E-state index in [4.69, 9.17) is 14.2 Å². The molecule has 0 radical (unpaired) electrons. The van der Waals surface area contributed by atoms with E-state index in [1.807, 2.05) is 0 Å². The van der Waals surface area contributed by atoms with Crippen molar-refractivity contribution in [2.24, 2.45) is 11.8 Å². The minimum absolute atomic E-state index is 0.0535. The third kappa shape index (κ3) is 3.86. The molecule has 1 unspecified atom stereocenters. The molecule has 0 bridgehead atoms. The Morgan fingerprint density at radius 3 is 2.71 bits per heavy atom. The maximum Gasteiger partial charge on any atom is 0.315 e. The van der Waals surface area contributed by atoms with Crippen molar-refractivity contribution in [3.05, 3.63) is 0 Å². The summed E-state index contributed by atoms with van der Waals surface area (Å²) in [5, 5.41) is 6.08. The van der Waals surface area contributed by atoms with Crippen LogP contribution in [0.2, 0.25) is 0 Å². The molecule has 2 saturated carbocycles. The van der Waals surface area contributed by atoms with E-state index in [1.54, 1.807) is 0 Å². The topological polar surface area (TPSA) is 68.8 Å². The summed E-state index contributed by atoms with van der Waals surface area (Å²) in [6.45, 7) is 2.43. The van der Waals surface area contributed by atoms with E-state index in [-0.39, 0.29) is 12.1 Å². The summed E-state index contributed by atoms with van der Waals surface area (Å²) < 4.78 is 17.2. The average Bonchev–Trinajstić information content (AvgIpc) is 3.28. The lowest BCUT2D eigenvalue weighted by Gasteiger charge is -2.31. The second kappa shape index (κ2) is 7.18. The zero-order chi connectivity index (χ0) is 16.4. The Labute approximate surface area is 144 Å². The molecule has 136 valence electrons. The van der Waals surface area contributed by atoms with E-state index in [2.05, 4.69) is 10.6 Å². The summed E-state index contributed by atoms with van der Waals surface area (Å²) in [7, 11) is 0. The Kier molecular flexibility index (Phi) is 4.97. The SMILES string of the molecule is O=C(NCC1COC2(CCOCC2)O1)N[C@@H]1C[C@H]1C1CCCCC1. The van der Waals surface area contributed by atoms with Gasteiger partial charge in [-0.1, -0.05) is 32.1 Å². The van der Waals surface area contributed by atoms with Gasteiger partial charge in [-0.25, -0.2) is 4.79 Å². The second-order valence-electron chi connectivity index (χ2n) is 7.83. The van der Waals surface area contributed by atoms with Crippen LogP contribution < -0.4 is 10.6 Å². The lowest BCUT2D eigenvalue weighted by Crippen LogP contribution is -2.43. The van der Waals surface area contributed by atoms with E-state index in [0.29, 0.717) is 38.3 Å². The molecule has 2 saturated heterocycles. The number of urea groups is 1. The fourth-order valence-corrected chi connectivity index (χ4v) is 4.55. The van der Waals surface area contributed by atoms with Gasteiger partial charge in [-0.05, 0) is 18.3 Å². The Hall–Kier alpha value is -0.850. The number of amides is 2. The predicted octanol–water partition coefficient (Wildman–Crippen LogP) is 2.18. The molecule has 4 aliphatic rings. The molecule has 0 aromatic carbocycles. The van der Waals surface area contributed by atoms with Crippen LogP contribution in [0.3, 0.4) is 0 Å². The van der Waals surface area contributed by atoms with Crippen molar-refractivity contribution in [3.8, 4) is 0 Å². The first-order chi connectivity index (χ1) is 11.7. The molecule has 0 aromatic rings. The van der Waals surface area contributed by atoms with Crippen LogP contribution in [-0.4, -0.2) is 50.3 Å². The Morgan fingerprint density at radius 1 is 1.12 bits per heavy atom. The summed E-state index contributed by atoms with van der Waals surface area (Å²) in [5.41, 5.74) is 0. The lowest BCUT2D eigenvalue weighted by atomic mass is 9.85. The van der Waals surface area contributed by atoms with Crippen LogP contribution >= 0.6 is 0 Å². The molecule has 2 amide bonds. The van der Waals surface area contributed by atoms with E-state index >= 15 is 0 Å². The van der Waals surface area contributed by atoms with E-state index < -0.39 is 5.79 Å². The molecule has 1 spiro atoms. The van der Waals surface area contributed by atoms with Gasteiger partial charge in [-0.3, -0.25) is 0 Å². The van der Waals surface area contributed by atoms with Crippen molar-refractivity contribution in [2.45, 2.75) is 69.3 Å². The highest BCUT2D eigenvalue weighted by Crippen LogP contribution is 2.44. The van der Waals surface area contributed by atoms with Crippen LogP contribution in [0.1, 0.15) is 51.4 Å². The molecular weight excluding hydrogens is 308 g/mol. The van der Waals surface area contributed by atoms with Crippen LogP contribution in [0, 0.1) is 11.8 Å². The molecule has 3 atom stereocenters. The summed E-state index contributed by atoms with van der Waals surface area (Å²) >= 11 is 0. The van der Waals surface area contributed by atoms with Gasteiger partial charge >= 0.3 is 6.03 Å². The first-order valence-electron chi connectivity index (χ1n) is 9.68. The average molecular weight is 338 g/mol. The van der Waals surface area contributed by atoms with E-state index in [1.165, 1.54) is 32.1 Å². The van der Waals surface area contributed by atoms with Gasteiger partial charge in [0, 0.05) is 25.4 Å². The van der Waals surface area contributed by atoms with Crippen LogP contribution in [0.5, 0.6) is 0 Å². The zero-order valence-corrected chi connectivity index (χ0v) is 14.4. The number of hydrogen-bond donors (Lipinski definition) is 2. The van der Waals surface area contributed by atoms with Gasteiger partial charge in [0.15, 0.2) is 5.79 Å². The van der Waals surface area contributed by atoms with Crippen molar-refractivity contribution < 1.29 is 19.0 Å². The predicted molar refractivity (Wildman–Crippen MR) is 88.6 cm³/mol. The summed E-state index contributed by atoms with van der Waals surface area (Å²) in [6.07, 6.45) is 9.48. The highest BCUT2D eigenvalue weighted by molar-refractivity contribution is 5.74. The summed E-state index contributed by atoms with van der Waals surface area (Å²) in [5.74, 6) is 1.08. The number of rotatable bonds is 4. The maximum absolute atomic E-state index is 12.1. The normalized spacial score (nSPS) is 35.8. The Balaban J connectivity index is 1.14. The Morgan fingerprint density at radius 2 is 1.92 bits per heavy atom. The molecule has 2 N–H and O–H groups in total. The minimum Gasteiger partial charge on any atom is -0.381 e. The highest BCUT2D eigenvalue weighted by Gasteiger charge is 2.45. The van der Waals surface area contributed by atoms with Gasteiger partial charge < -0.3 is 24.8 Å². The largest absolute Gasteiger partial charge is 0.381 e. The number of carbonyl (C=O) groups excluding carboxylic acids is 1. The molecule has 0 aromatic heterocycles. The van der Waals surface area contributed by atoms with Crippen molar-refractivity contribution in [1.82, 2.24) is 10.6 Å². The molecule has 4 rings (SSSR count). The fourth-order valence-electron chi connectivity index (χ4n) is 4.55. The maximum atomic E-state index is 12.1. The molecule has 2 heterocycles. The first kappa shape index (κ1) is 16.6. The fraction of sp³-hybridized carbons (Fsp3) is 0.944. The first-order valence-corrected chi connectivity index (χ1v) is 9.68. The zero-order valence-electron chi connectivity index (χ0n) is 14.4. The van der Waals surface area contributed by atoms with E-state index in [9.17, 15) is 4.79 Å². The van der Waals surface area contributed by atoms with Crippen molar-refractivity contribution in [3.63, 3.8) is 0 Å². The summed E-state index contributed by atoms with van der Waals surface area (Å²) in [4.78, 5) is 12.1. The Bertz CT molecular complexity index is 446. The van der Waals surface area contributed by atoms with E-state index in [0.717, 1.165) is 25.2 Å². The van der Waals surface area contributed by atoms with Crippen molar-refractivity contribution in [2.75, 3.05) is 26.4 Å². The van der Waals surface area contributed by atoms with Crippen molar-refractivity contribution in [1.29, 1.82) is 0 Å². The van der Waals surface area contributed by atoms with Crippen LogP contribution in [0.25, 0.3) is 0 Å². The van der Waals surface area contributed by atoms with Gasteiger partial charge in [0.25, 0.3) is 0 Å². The quantitative estimate of drug-likeness (QED) is 0.824. The minimum atomic E-state index is -0.469. The monoisotopic (exact) mass is 338 g/mol. The highest BCUT2D eigenvalue weighted by atomic mass is 16.7. The molecule has 6 nitrogen and oxygen atoms in total. The third-order valence-electron chi connectivity index (χ3n) is 6.07. The number of carbonyl (C=O) groups is 1. The van der Waals surface area contributed by atoms with Gasteiger partial charge in [-0.2, -0.15) is 0 Å². The molecule has 6 heteroatoms. The van der Waals surface area contributed by atoms with Crippen molar-refractivity contribution >= 4 is 6.03 Å². The molecule has 2 aliphatic heterocycles. The van der Waals surface area contributed by atoms with Crippen LogP contribution in [-0.2, 0) is 14.2 Å². The number of nitrogens with one attached hydrogen (secondary N) is 2. The summed E-state index contributed by atoms with van der Waals surface area (Å²) in [6, 6.07) is 0.325. The van der Waals surface area contributed by atoms with Gasteiger partial charge in [0.1, 0.15) is 6.10 Å². The third-order valence-corrected chi connectivity index (χ3v) is 6.07.